The van der Waals surface area contributed by atoms with Crippen LogP contribution < -0.4 is 10.2 Å². The highest BCUT2D eigenvalue weighted by molar-refractivity contribution is 7.89. The zero-order valence-corrected chi connectivity index (χ0v) is 17.1. The Bertz CT molecular complexity index is 782. The molecule has 2 saturated heterocycles. The molecule has 2 heterocycles. The zero-order chi connectivity index (χ0) is 20.5. The minimum Gasteiger partial charge on any atom is -0.371 e. The number of anilines is 1. The van der Waals surface area contributed by atoms with Crippen molar-refractivity contribution in [2.75, 3.05) is 45.2 Å². The van der Waals surface area contributed by atoms with Crippen LogP contribution in [0, 0.1) is 0 Å². The number of rotatable bonds is 4. The van der Waals surface area contributed by atoms with E-state index in [9.17, 15) is 21.6 Å². The fourth-order valence-electron chi connectivity index (χ4n) is 4.16. The average molecular weight is 420 g/mol. The second-order valence-electron chi connectivity index (χ2n) is 7.81. The third-order valence-corrected chi connectivity index (χ3v) is 8.18. The predicted molar refractivity (Wildman–Crippen MR) is 104 cm³/mol. The van der Waals surface area contributed by atoms with Crippen LogP contribution in [0.3, 0.4) is 0 Å². The molecule has 0 bridgehead atoms. The quantitative estimate of drug-likeness (QED) is 0.815. The number of hydrogen-bond donors (Lipinski definition) is 1. The molecule has 3 rings (SSSR count). The molecular formula is C19H28F3N3O2S. The van der Waals surface area contributed by atoms with Crippen LogP contribution in [0.2, 0.25) is 0 Å². The third-order valence-electron chi connectivity index (χ3n) is 5.85. The van der Waals surface area contributed by atoms with Crippen molar-refractivity contribution in [2.24, 2.45) is 0 Å². The molecule has 0 amide bonds. The van der Waals surface area contributed by atoms with Crippen LogP contribution >= 0.6 is 0 Å². The van der Waals surface area contributed by atoms with Crippen molar-refractivity contribution in [2.45, 2.75) is 43.0 Å². The van der Waals surface area contributed by atoms with Gasteiger partial charge in [-0.2, -0.15) is 13.2 Å². The van der Waals surface area contributed by atoms with Crippen molar-refractivity contribution in [1.82, 2.24) is 9.62 Å². The van der Waals surface area contributed by atoms with Crippen LogP contribution in [-0.4, -0.2) is 58.2 Å². The van der Waals surface area contributed by atoms with Gasteiger partial charge in [-0.05, 0) is 62.4 Å². The molecule has 2 fully saturated rings. The van der Waals surface area contributed by atoms with Gasteiger partial charge in [0.2, 0.25) is 10.0 Å². The minimum absolute atomic E-state index is 0.224. The van der Waals surface area contributed by atoms with Gasteiger partial charge in [0, 0.05) is 32.9 Å². The maximum atomic E-state index is 13.3. The van der Waals surface area contributed by atoms with E-state index in [1.165, 1.54) is 30.5 Å². The van der Waals surface area contributed by atoms with Crippen molar-refractivity contribution < 1.29 is 21.6 Å². The van der Waals surface area contributed by atoms with Gasteiger partial charge in [-0.3, -0.25) is 0 Å². The number of halogens is 3. The Labute approximate surface area is 164 Å². The second kappa shape index (κ2) is 8.20. The summed E-state index contributed by atoms with van der Waals surface area (Å²) in [4.78, 5) is 1.94. The molecule has 28 heavy (non-hydrogen) atoms. The van der Waals surface area contributed by atoms with E-state index < -0.39 is 27.0 Å². The lowest BCUT2D eigenvalue weighted by atomic mass is 9.87. The topological polar surface area (TPSA) is 52.7 Å². The molecule has 1 N–H and O–H groups in total. The highest BCUT2D eigenvalue weighted by Gasteiger charge is 2.35. The number of hydrogen-bond acceptors (Lipinski definition) is 4. The molecule has 0 saturated carbocycles. The summed E-state index contributed by atoms with van der Waals surface area (Å²) in [6.45, 7) is 2.59. The summed E-state index contributed by atoms with van der Waals surface area (Å²) in [5.74, 6) is 0.224. The van der Waals surface area contributed by atoms with Crippen LogP contribution in [0.25, 0.3) is 0 Å². The summed E-state index contributed by atoms with van der Waals surface area (Å²) in [5.41, 5.74) is 0.911. The van der Waals surface area contributed by atoms with Crippen LogP contribution in [0.4, 0.5) is 18.9 Å². The van der Waals surface area contributed by atoms with E-state index >= 15 is 0 Å². The van der Waals surface area contributed by atoms with Crippen molar-refractivity contribution in [3.05, 3.63) is 29.3 Å². The number of alkyl halides is 3. The molecule has 0 unspecified atom stereocenters. The lowest BCUT2D eigenvalue weighted by Crippen LogP contribution is -2.43. The van der Waals surface area contributed by atoms with Gasteiger partial charge in [0.15, 0.2) is 0 Å². The van der Waals surface area contributed by atoms with E-state index in [1.807, 2.05) is 4.90 Å². The summed E-state index contributed by atoms with van der Waals surface area (Å²) < 4.78 is 65.9. The number of piperidine rings is 2. The molecule has 5 nitrogen and oxygen atoms in total. The summed E-state index contributed by atoms with van der Waals surface area (Å²) in [6, 6.07) is 4.04. The maximum absolute atomic E-state index is 13.3. The largest absolute Gasteiger partial charge is 0.416 e. The minimum atomic E-state index is -4.39. The number of benzene rings is 1. The number of nitrogens with zero attached hydrogens (tertiary/aromatic N) is 2. The Kier molecular flexibility index (Phi) is 6.26. The van der Waals surface area contributed by atoms with Crippen molar-refractivity contribution >= 4 is 15.7 Å². The molecular weight excluding hydrogens is 391 g/mol. The van der Waals surface area contributed by atoms with Gasteiger partial charge >= 0.3 is 6.18 Å². The van der Waals surface area contributed by atoms with Crippen LogP contribution in [-0.2, 0) is 16.2 Å². The number of sulfonamides is 1. The lowest BCUT2D eigenvalue weighted by molar-refractivity contribution is -0.137. The first-order valence-corrected chi connectivity index (χ1v) is 11.2. The monoisotopic (exact) mass is 419 g/mol. The first kappa shape index (κ1) is 21.4. The average Bonchev–Trinajstić information content (AvgIpc) is 2.67. The van der Waals surface area contributed by atoms with Crippen LogP contribution in [0.1, 0.15) is 42.7 Å². The normalized spacial score (nSPS) is 20.7. The molecule has 9 heteroatoms. The fraction of sp³-hybridized carbons (Fsp3) is 0.684. The standard InChI is InChI=1S/C19H28F3N3O2S/c1-24(2)28(26,27)16-7-11-25(12-8-16)18-13-15(19(20,21)22)3-4-17(18)14-5-9-23-10-6-14/h3-4,13-14,16,23H,5-12H2,1-2H3. The van der Waals surface area contributed by atoms with Gasteiger partial charge in [-0.15, -0.1) is 0 Å². The van der Waals surface area contributed by atoms with Gasteiger partial charge in [-0.25, -0.2) is 12.7 Å². The Hall–Kier alpha value is -1.32. The van der Waals surface area contributed by atoms with Gasteiger partial charge < -0.3 is 10.2 Å². The molecule has 0 spiro atoms. The van der Waals surface area contributed by atoms with E-state index in [2.05, 4.69) is 5.32 Å². The fourth-order valence-corrected chi connectivity index (χ4v) is 5.57. The Morgan fingerprint density at radius 1 is 1.07 bits per heavy atom. The van der Waals surface area contributed by atoms with Gasteiger partial charge in [0.05, 0.1) is 10.8 Å². The molecule has 0 aliphatic carbocycles. The molecule has 1 aromatic rings. The SMILES string of the molecule is CN(C)S(=O)(=O)C1CCN(c2cc(C(F)(F)F)ccc2C2CCNCC2)CC1. The zero-order valence-electron chi connectivity index (χ0n) is 16.3. The van der Waals surface area contributed by atoms with Crippen molar-refractivity contribution in [3.8, 4) is 0 Å². The van der Waals surface area contributed by atoms with Gasteiger partial charge in [0.1, 0.15) is 0 Å². The smallest absolute Gasteiger partial charge is 0.371 e. The van der Waals surface area contributed by atoms with Gasteiger partial charge in [-0.1, -0.05) is 6.07 Å². The van der Waals surface area contributed by atoms with E-state index in [-0.39, 0.29) is 5.92 Å². The summed E-state index contributed by atoms with van der Waals surface area (Å²) >= 11 is 0. The van der Waals surface area contributed by atoms with Gasteiger partial charge in [0.25, 0.3) is 0 Å². The Balaban J connectivity index is 1.87. The van der Waals surface area contributed by atoms with Crippen molar-refractivity contribution in [1.29, 1.82) is 0 Å². The lowest BCUT2D eigenvalue weighted by Gasteiger charge is -2.37. The Morgan fingerprint density at radius 2 is 1.68 bits per heavy atom. The number of nitrogens with one attached hydrogen (secondary N) is 1. The molecule has 2 aliphatic rings. The van der Waals surface area contributed by atoms with E-state index in [1.54, 1.807) is 6.07 Å². The van der Waals surface area contributed by atoms with Crippen molar-refractivity contribution in [3.63, 3.8) is 0 Å². The highest BCUT2D eigenvalue weighted by Crippen LogP contribution is 2.39. The predicted octanol–water partition coefficient (Wildman–Crippen LogP) is 3.03. The van der Waals surface area contributed by atoms with E-state index in [0.29, 0.717) is 31.6 Å². The maximum Gasteiger partial charge on any atom is 0.416 e. The third kappa shape index (κ3) is 4.46. The van der Waals surface area contributed by atoms with Crippen LogP contribution in [0.5, 0.6) is 0 Å². The summed E-state index contributed by atoms with van der Waals surface area (Å²) in [7, 11) is -0.314. The van der Waals surface area contributed by atoms with E-state index in [4.69, 9.17) is 0 Å². The molecule has 2 aliphatic heterocycles. The Morgan fingerprint density at radius 3 is 2.21 bits per heavy atom. The second-order valence-corrected chi connectivity index (χ2v) is 10.2. The molecule has 0 radical (unpaired) electrons. The first-order valence-electron chi connectivity index (χ1n) is 9.69. The molecule has 158 valence electrons. The van der Waals surface area contributed by atoms with E-state index in [0.717, 1.165) is 31.5 Å². The highest BCUT2D eigenvalue weighted by atomic mass is 32.2. The molecule has 0 aromatic heterocycles. The molecule has 0 atom stereocenters. The summed E-state index contributed by atoms with van der Waals surface area (Å²) in [6.07, 6.45) is -1.77. The summed E-state index contributed by atoms with van der Waals surface area (Å²) in [5, 5.41) is 2.81. The first-order chi connectivity index (χ1) is 13.1. The van der Waals surface area contributed by atoms with Crippen LogP contribution in [0.15, 0.2) is 18.2 Å². The molecule has 1 aromatic carbocycles.